The third-order valence-electron chi connectivity index (χ3n) is 2.43. The first kappa shape index (κ1) is 15.9. The van der Waals surface area contributed by atoms with Crippen molar-refractivity contribution < 1.29 is 13.2 Å². The van der Waals surface area contributed by atoms with E-state index in [1.165, 1.54) is 16.4 Å². The van der Waals surface area contributed by atoms with E-state index in [1.807, 2.05) is 0 Å². The Balaban J connectivity index is 3.06. The molecule has 0 aliphatic heterocycles. The molecule has 102 valence electrons. The molecule has 0 heterocycles. The molecule has 0 radical (unpaired) electrons. The van der Waals surface area contributed by atoms with Crippen LogP contribution in [0, 0.1) is 0 Å². The van der Waals surface area contributed by atoms with Crippen LogP contribution in [-0.2, 0) is 14.8 Å². The van der Waals surface area contributed by atoms with E-state index < -0.39 is 10.0 Å². The lowest BCUT2D eigenvalue weighted by atomic mass is 10.4. The summed E-state index contributed by atoms with van der Waals surface area (Å²) in [7, 11) is -1.96. The molecule has 0 aliphatic rings. The van der Waals surface area contributed by atoms with Gasteiger partial charge >= 0.3 is 0 Å². The molecule has 1 rings (SSSR count). The average molecular weight is 357 g/mol. The first-order valence-corrected chi connectivity index (χ1v) is 7.98. The summed E-state index contributed by atoms with van der Waals surface area (Å²) in [5, 5.41) is 0.480. The highest BCUT2D eigenvalue weighted by molar-refractivity contribution is 9.10. The lowest BCUT2D eigenvalue weighted by molar-refractivity contribution is 0.180. The lowest BCUT2D eigenvalue weighted by Gasteiger charge is -2.20. The summed E-state index contributed by atoms with van der Waals surface area (Å²) in [6, 6.07) is 4.56. The Hall–Kier alpha value is -0.140. The standard InChI is InChI=1S/C11H15BrClNO3S/c1-3-14(6-7-17-2)18(15,16)9-4-5-11(13)10(12)8-9/h4-5,8H,3,6-7H2,1-2H3. The number of halogens is 2. The largest absolute Gasteiger partial charge is 0.383 e. The average Bonchev–Trinajstić information content (AvgIpc) is 2.33. The summed E-state index contributed by atoms with van der Waals surface area (Å²) in [5.74, 6) is 0. The molecule has 7 heteroatoms. The van der Waals surface area contributed by atoms with Crippen molar-refractivity contribution in [3.8, 4) is 0 Å². The predicted molar refractivity (Wildman–Crippen MR) is 75.5 cm³/mol. The van der Waals surface area contributed by atoms with E-state index in [4.69, 9.17) is 16.3 Å². The fourth-order valence-electron chi connectivity index (χ4n) is 1.43. The maximum absolute atomic E-state index is 12.3. The molecule has 0 aromatic heterocycles. The number of benzene rings is 1. The lowest BCUT2D eigenvalue weighted by Crippen LogP contribution is -2.33. The number of ether oxygens (including phenoxy) is 1. The highest BCUT2D eigenvalue weighted by Crippen LogP contribution is 2.26. The molecule has 0 aliphatic carbocycles. The highest BCUT2D eigenvalue weighted by atomic mass is 79.9. The number of nitrogens with zero attached hydrogens (tertiary/aromatic N) is 1. The van der Waals surface area contributed by atoms with Gasteiger partial charge in [-0.1, -0.05) is 18.5 Å². The third kappa shape index (κ3) is 3.68. The van der Waals surface area contributed by atoms with Crippen molar-refractivity contribution in [1.82, 2.24) is 4.31 Å². The van der Waals surface area contributed by atoms with Crippen LogP contribution in [0.25, 0.3) is 0 Å². The van der Waals surface area contributed by atoms with Gasteiger partial charge in [-0.05, 0) is 34.1 Å². The van der Waals surface area contributed by atoms with Crippen LogP contribution in [0.5, 0.6) is 0 Å². The monoisotopic (exact) mass is 355 g/mol. The zero-order valence-electron chi connectivity index (χ0n) is 10.2. The third-order valence-corrected chi connectivity index (χ3v) is 5.61. The van der Waals surface area contributed by atoms with E-state index in [-0.39, 0.29) is 4.90 Å². The summed E-state index contributed by atoms with van der Waals surface area (Å²) < 4.78 is 31.5. The van der Waals surface area contributed by atoms with E-state index in [1.54, 1.807) is 20.1 Å². The van der Waals surface area contributed by atoms with Crippen molar-refractivity contribution in [1.29, 1.82) is 0 Å². The Morgan fingerprint density at radius 2 is 2.11 bits per heavy atom. The van der Waals surface area contributed by atoms with Gasteiger partial charge in [0.05, 0.1) is 16.5 Å². The Labute approximate surface area is 121 Å². The molecule has 0 N–H and O–H groups in total. The molecule has 0 atom stereocenters. The SMILES string of the molecule is CCN(CCOC)S(=O)(=O)c1ccc(Cl)c(Br)c1. The van der Waals surface area contributed by atoms with Gasteiger partial charge in [0.15, 0.2) is 0 Å². The normalized spacial score (nSPS) is 12.1. The van der Waals surface area contributed by atoms with Gasteiger partial charge in [-0.25, -0.2) is 8.42 Å². The second-order valence-electron chi connectivity index (χ2n) is 3.57. The minimum Gasteiger partial charge on any atom is -0.383 e. The Morgan fingerprint density at radius 3 is 2.61 bits per heavy atom. The molecule has 1 aromatic carbocycles. The maximum Gasteiger partial charge on any atom is 0.243 e. The van der Waals surface area contributed by atoms with Crippen molar-refractivity contribution in [2.24, 2.45) is 0 Å². The summed E-state index contributed by atoms with van der Waals surface area (Å²) in [5.41, 5.74) is 0. The smallest absolute Gasteiger partial charge is 0.243 e. The van der Waals surface area contributed by atoms with Crippen LogP contribution in [-0.4, -0.2) is 39.5 Å². The van der Waals surface area contributed by atoms with Crippen molar-refractivity contribution in [3.63, 3.8) is 0 Å². The molecule has 0 spiro atoms. The summed E-state index contributed by atoms with van der Waals surface area (Å²) in [4.78, 5) is 0.219. The highest BCUT2D eigenvalue weighted by Gasteiger charge is 2.23. The second kappa shape index (κ2) is 6.86. The molecule has 18 heavy (non-hydrogen) atoms. The quantitative estimate of drug-likeness (QED) is 0.787. The zero-order valence-corrected chi connectivity index (χ0v) is 13.3. The maximum atomic E-state index is 12.3. The summed E-state index contributed by atoms with van der Waals surface area (Å²) in [6.07, 6.45) is 0. The second-order valence-corrected chi connectivity index (χ2v) is 6.76. The van der Waals surface area contributed by atoms with Crippen molar-refractivity contribution in [2.45, 2.75) is 11.8 Å². The minimum atomic E-state index is -3.50. The van der Waals surface area contributed by atoms with Crippen LogP contribution in [0.2, 0.25) is 5.02 Å². The van der Waals surface area contributed by atoms with Gasteiger partial charge in [0, 0.05) is 24.7 Å². The number of sulfonamides is 1. The van der Waals surface area contributed by atoms with Crippen molar-refractivity contribution >= 4 is 37.6 Å². The van der Waals surface area contributed by atoms with Crippen LogP contribution in [0.4, 0.5) is 0 Å². The van der Waals surface area contributed by atoms with Gasteiger partial charge in [-0.3, -0.25) is 0 Å². The van der Waals surface area contributed by atoms with Gasteiger partial charge in [0.1, 0.15) is 0 Å². The van der Waals surface area contributed by atoms with Gasteiger partial charge in [-0.2, -0.15) is 4.31 Å². The minimum absolute atomic E-state index is 0.219. The first-order valence-electron chi connectivity index (χ1n) is 5.37. The molecule has 0 unspecified atom stereocenters. The van der Waals surface area contributed by atoms with Gasteiger partial charge < -0.3 is 4.74 Å². The van der Waals surface area contributed by atoms with Gasteiger partial charge in [-0.15, -0.1) is 0 Å². The van der Waals surface area contributed by atoms with Crippen molar-refractivity contribution in [2.75, 3.05) is 26.8 Å². The van der Waals surface area contributed by atoms with Crippen molar-refractivity contribution in [3.05, 3.63) is 27.7 Å². The van der Waals surface area contributed by atoms with Gasteiger partial charge in [0.25, 0.3) is 0 Å². The van der Waals surface area contributed by atoms with Crippen LogP contribution < -0.4 is 0 Å². The molecule has 1 aromatic rings. The summed E-state index contributed by atoms with van der Waals surface area (Å²) >= 11 is 9.08. The summed E-state index contributed by atoms with van der Waals surface area (Å²) in [6.45, 7) is 2.88. The number of rotatable bonds is 6. The molecular formula is C11H15BrClNO3S. The van der Waals surface area contributed by atoms with Crippen LogP contribution in [0.15, 0.2) is 27.6 Å². The first-order chi connectivity index (χ1) is 8.43. The Kier molecular flexibility index (Phi) is 6.07. The number of hydrogen-bond donors (Lipinski definition) is 0. The van der Waals surface area contributed by atoms with E-state index >= 15 is 0 Å². The Bertz CT molecular complexity index is 507. The van der Waals surface area contributed by atoms with Gasteiger partial charge in [0.2, 0.25) is 10.0 Å². The fraction of sp³-hybridized carbons (Fsp3) is 0.455. The Morgan fingerprint density at radius 1 is 1.44 bits per heavy atom. The van der Waals surface area contributed by atoms with Crippen LogP contribution in [0.3, 0.4) is 0 Å². The van der Waals surface area contributed by atoms with E-state index in [0.717, 1.165) is 0 Å². The van der Waals surface area contributed by atoms with E-state index in [9.17, 15) is 8.42 Å². The predicted octanol–water partition coefficient (Wildman–Crippen LogP) is 2.76. The van der Waals surface area contributed by atoms with Crippen LogP contribution >= 0.6 is 27.5 Å². The van der Waals surface area contributed by atoms with Crippen LogP contribution in [0.1, 0.15) is 6.92 Å². The number of likely N-dealkylation sites (N-methyl/N-ethyl adjacent to an activating group) is 1. The number of methoxy groups -OCH3 is 1. The zero-order chi connectivity index (χ0) is 13.8. The van der Waals surface area contributed by atoms with E-state index in [0.29, 0.717) is 29.2 Å². The molecule has 0 amide bonds. The molecule has 0 saturated heterocycles. The molecule has 0 bridgehead atoms. The molecular weight excluding hydrogens is 342 g/mol. The molecule has 0 saturated carbocycles. The molecule has 0 fully saturated rings. The molecule has 4 nitrogen and oxygen atoms in total. The topological polar surface area (TPSA) is 46.6 Å². The number of hydrogen-bond acceptors (Lipinski definition) is 3. The fourth-order valence-corrected chi connectivity index (χ4v) is 3.54. The van der Waals surface area contributed by atoms with E-state index in [2.05, 4.69) is 15.9 Å².